The minimum atomic E-state index is 0. The predicted octanol–water partition coefficient (Wildman–Crippen LogP) is 7.16. The van der Waals surface area contributed by atoms with E-state index in [9.17, 15) is 0 Å². The molecule has 0 amide bonds. The molecule has 2 aliphatic rings. The quantitative estimate of drug-likeness (QED) is 0.217. The molecule has 0 N–H and O–H groups in total. The summed E-state index contributed by atoms with van der Waals surface area (Å²) in [6.07, 6.45) is 0. The van der Waals surface area contributed by atoms with Crippen molar-refractivity contribution in [1.29, 1.82) is 0 Å². The van der Waals surface area contributed by atoms with E-state index in [4.69, 9.17) is 4.99 Å². The molecule has 2 atom stereocenters. The Bertz CT molecular complexity index is 1360. The Labute approximate surface area is 218 Å². The van der Waals surface area contributed by atoms with E-state index >= 15 is 0 Å². The van der Waals surface area contributed by atoms with Gasteiger partial charge in [-0.2, -0.15) is 0 Å². The number of benzene rings is 4. The van der Waals surface area contributed by atoms with Crippen molar-refractivity contribution in [2.45, 2.75) is 32.9 Å². The van der Waals surface area contributed by atoms with E-state index < -0.39 is 0 Å². The van der Waals surface area contributed by atoms with Crippen LogP contribution in [-0.2, 0) is 17.1 Å². The third kappa shape index (κ3) is 3.97. The first-order chi connectivity index (χ1) is 16.6. The van der Waals surface area contributed by atoms with Crippen molar-refractivity contribution in [1.82, 2.24) is 4.90 Å². The monoisotopic (exact) mass is 506 g/mol. The molecule has 6 rings (SSSR count). The molecule has 0 unspecified atom stereocenters. The van der Waals surface area contributed by atoms with Crippen LogP contribution < -0.4 is 4.90 Å². The van der Waals surface area contributed by atoms with Crippen molar-refractivity contribution in [2.75, 3.05) is 4.90 Å². The second-order valence-electron chi connectivity index (χ2n) is 9.32. The maximum absolute atomic E-state index is 5.35. The second-order valence-corrected chi connectivity index (χ2v) is 9.32. The van der Waals surface area contributed by atoms with Crippen molar-refractivity contribution in [3.63, 3.8) is 0 Å². The number of aliphatic imine (C=N–C) groups is 1. The number of anilines is 2. The van der Waals surface area contributed by atoms with Crippen molar-refractivity contribution in [3.05, 3.63) is 137 Å². The summed E-state index contributed by atoms with van der Waals surface area (Å²) >= 11 is 0. The van der Waals surface area contributed by atoms with Crippen LogP contribution in [0.25, 0.3) is 0 Å². The van der Waals surface area contributed by atoms with Crippen molar-refractivity contribution >= 4 is 17.2 Å². The Kier molecular flexibility index (Phi) is 6.27. The van der Waals surface area contributed by atoms with Crippen LogP contribution in [0.5, 0.6) is 0 Å². The van der Waals surface area contributed by atoms with Gasteiger partial charge in [0, 0.05) is 16.9 Å². The van der Waals surface area contributed by atoms with Crippen molar-refractivity contribution in [3.8, 4) is 0 Å². The van der Waals surface area contributed by atoms with E-state index in [0.717, 1.165) is 5.84 Å². The van der Waals surface area contributed by atoms with E-state index in [2.05, 4.69) is 134 Å². The first-order valence-electron chi connectivity index (χ1n) is 11.9. The van der Waals surface area contributed by atoms with E-state index in [-0.39, 0.29) is 29.2 Å². The minimum absolute atomic E-state index is 0. The third-order valence-corrected chi connectivity index (χ3v) is 6.91. The van der Waals surface area contributed by atoms with Gasteiger partial charge in [0.2, 0.25) is 0 Å². The molecule has 0 saturated carbocycles. The fourth-order valence-corrected chi connectivity index (χ4v) is 5.58. The zero-order chi connectivity index (χ0) is 23.2. The van der Waals surface area contributed by atoms with Gasteiger partial charge in [0.25, 0.3) is 0 Å². The SMILES string of the molecule is Cc1cc(C)c(N2[CH-]N3C(=N[C@@H](c4ccccc4)[C@@H]3c3ccccc3)c3ccccc32)c(C)c1.[CuH+]. The molecule has 3 nitrogen and oxygen atoms in total. The van der Waals surface area contributed by atoms with Gasteiger partial charge in [-0.3, -0.25) is 4.99 Å². The molecule has 4 aromatic rings. The summed E-state index contributed by atoms with van der Waals surface area (Å²) in [5.41, 5.74) is 9.93. The van der Waals surface area contributed by atoms with Gasteiger partial charge in [-0.1, -0.05) is 90.5 Å². The van der Waals surface area contributed by atoms with E-state index in [1.54, 1.807) is 0 Å². The van der Waals surface area contributed by atoms with Gasteiger partial charge < -0.3 is 9.80 Å². The Balaban J connectivity index is 0.00000253. The van der Waals surface area contributed by atoms with Gasteiger partial charge >= 0.3 is 17.1 Å². The Morgan fingerprint density at radius 1 is 0.714 bits per heavy atom. The molecule has 4 aromatic carbocycles. The maximum atomic E-state index is 5.35. The average molecular weight is 507 g/mol. The second kappa shape index (κ2) is 9.37. The van der Waals surface area contributed by atoms with Crippen molar-refractivity contribution < 1.29 is 17.1 Å². The third-order valence-electron chi connectivity index (χ3n) is 6.91. The van der Waals surface area contributed by atoms with Gasteiger partial charge in [0.1, 0.15) is 5.84 Å². The summed E-state index contributed by atoms with van der Waals surface area (Å²) in [5, 5.41) is 0. The molecule has 2 aliphatic heterocycles. The van der Waals surface area contributed by atoms with Crippen molar-refractivity contribution in [2.24, 2.45) is 4.99 Å². The summed E-state index contributed by atoms with van der Waals surface area (Å²) in [5.74, 6) is 1.04. The van der Waals surface area contributed by atoms with Crippen LogP contribution in [0.2, 0.25) is 0 Å². The number of rotatable bonds is 3. The topological polar surface area (TPSA) is 18.8 Å². The average Bonchev–Trinajstić information content (AvgIpc) is 3.24. The number of para-hydroxylation sites is 1. The molecule has 0 radical (unpaired) electrons. The molecule has 0 fully saturated rings. The van der Waals surface area contributed by atoms with Crippen LogP contribution in [0.15, 0.2) is 102 Å². The first kappa shape index (κ1) is 23.4. The van der Waals surface area contributed by atoms with Gasteiger partial charge in [-0.25, -0.2) is 0 Å². The summed E-state index contributed by atoms with van der Waals surface area (Å²) in [7, 11) is 0. The molecule has 0 aliphatic carbocycles. The Morgan fingerprint density at radius 2 is 1.29 bits per heavy atom. The fourth-order valence-electron chi connectivity index (χ4n) is 5.58. The first-order valence-corrected chi connectivity index (χ1v) is 11.9. The zero-order valence-corrected chi connectivity index (χ0v) is 21.1. The number of hydrogen-bond acceptors (Lipinski definition) is 3. The van der Waals surface area contributed by atoms with Crippen LogP contribution >= 0.6 is 0 Å². The van der Waals surface area contributed by atoms with Crippen LogP contribution in [0, 0.1) is 27.4 Å². The summed E-state index contributed by atoms with van der Waals surface area (Å²) < 4.78 is 0. The van der Waals surface area contributed by atoms with Crippen LogP contribution in [0.4, 0.5) is 11.4 Å². The molecule has 35 heavy (non-hydrogen) atoms. The standard InChI is InChI=1S/C31H28N3.Cu.H/c1-21-18-22(2)29(23(3)19-21)33-20-34-30(25-14-8-5-9-15-25)28(24-12-6-4-7-13-24)32-31(34)26-16-10-11-17-27(26)33;;/h4-20,28,30H,1-3H3;;/q-1;+1;/t28-,30-;;/m0../s1. The Hall–Kier alpha value is -3.33. The van der Waals surface area contributed by atoms with Gasteiger partial charge in [0.05, 0.1) is 12.1 Å². The number of aryl methyl sites for hydroxylation is 3. The van der Waals surface area contributed by atoms with E-state index in [1.165, 1.54) is 44.8 Å². The van der Waals surface area contributed by atoms with Crippen LogP contribution in [0.3, 0.4) is 0 Å². The number of hydrogen-bond donors (Lipinski definition) is 0. The molecule has 0 saturated heterocycles. The summed E-state index contributed by atoms with van der Waals surface area (Å²) in [6, 6.07) is 34.7. The van der Waals surface area contributed by atoms with Crippen LogP contribution in [0.1, 0.15) is 45.5 Å². The molecule has 2 heterocycles. The van der Waals surface area contributed by atoms with Crippen LogP contribution in [-0.4, -0.2) is 10.7 Å². The van der Waals surface area contributed by atoms with Gasteiger partial charge in [0.15, 0.2) is 0 Å². The molecule has 0 aromatic heterocycles. The zero-order valence-electron chi connectivity index (χ0n) is 20.1. The molecular formula is C31H29CuN3. The Morgan fingerprint density at radius 3 is 1.94 bits per heavy atom. The fraction of sp³-hybridized carbons (Fsp3) is 0.161. The van der Waals surface area contributed by atoms with E-state index in [1.807, 2.05) is 0 Å². The predicted molar refractivity (Wildman–Crippen MR) is 142 cm³/mol. The molecular weight excluding hydrogens is 478 g/mol. The van der Waals surface area contributed by atoms with E-state index in [0.29, 0.717) is 0 Å². The molecule has 0 bridgehead atoms. The van der Waals surface area contributed by atoms with Gasteiger partial charge in [-0.05, 0) is 55.2 Å². The summed E-state index contributed by atoms with van der Waals surface area (Å²) in [6.45, 7) is 8.85. The summed E-state index contributed by atoms with van der Waals surface area (Å²) in [4.78, 5) is 10.1. The molecule has 0 spiro atoms. The number of fused-ring (bicyclic) bond motifs is 3. The normalized spacial score (nSPS) is 18.4. The molecule has 4 heteroatoms. The number of amidine groups is 1. The number of nitrogens with zero attached hydrogens (tertiary/aromatic N) is 3. The van der Waals surface area contributed by atoms with Gasteiger partial charge in [-0.15, -0.1) is 6.67 Å². The molecule has 179 valence electrons.